The van der Waals surface area contributed by atoms with Gasteiger partial charge in [0.25, 0.3) is 11.7 Å². The number of carbonyl (C=O) groups excluding carboxylic acids is 2. The monoisotopic (exact) mass is 543 g/mol. The lowest BCUT2D eigenvalue weighted by Crippen LogP contribution is -2.32. The Labute approximate surface area is 236 Å². The van der Waals surface area contributed by atoms with Gasteiger partial charge in [0.05, 0.1) is 24.8 Å². The number of aryl methyl sites for hydroxylation is 2. The van der Waals surface area contributed by atoms with E-state index in [0.717, 1.165) is 16.7 Å². The number of Topliss-reactive ketones (excluding diaryl/α,β-unsaturated/α-hetero) is 1. The number of methoxy groups -OCH3 is 1. The molecule has 1 atom stereocenters. The lowest BCUT2D eigenvalue weighted by atomic mass is 9.94. The third kappa shape index (κ3) is 6.37. The SMILES string of the molecule is COCCN1C(=O)C(=O)/C(=C(/O)c2ccc(OCC(C)C)c(C)c2)C1c1ccc(OCc2ccccc2C)cc1. The normalized spacial score (nSPS) is 16.6. The van der Waals surface area contributed by atoms with E-state index in [-0.39, 0.29) is 24.5 Å². The topological polar surface area (TPSA) is 85.3 Å². The maximum atomic E-state index is 13.3. The minimum atomic E-state index is -0.766. The molecule has 1 saturated heterocycles. The third-order valence-corrected chi connectivity index (χ3v) is 6.95. The maximum absolute atomic E-state index is 13.3. The molecule has 1 heterocycles. The van der Waals surface area contributed by atoms with Crippen LogP contribution in [-0.4, -0.2) is 48.6 Å². The highest BCUT2D eigenvalue weighted by molar-refractivity contribution is 6.46. The summed E-state index contributed by atoms with van der Waals surface area (Å²) >= 11 is 0. The van der Waals surface area contributed by atoms with Crippen LogP contribution in [0, 0.1) is 19.8 Å². The minimum Gasteiger partial charge on any atom is -0.507 e. The molecule has 7 nitrogen and oxygen atoms in total. The van der Waals surface area contributed by atoms with Gasteiger partial charge in [-0.1, -0.05) is 50.2 Å². The first-order valence-electron chi connectivity index (χ1n) is 13.5. The minimum absolute atomic E-state index is 0.0462. The van der Waals surface area contributed by atoms with Crippen LogP contribution < -0.4 is 9.47 Å². The molecule has 0 spiro atoms. The van der Waals surface area contributed by atoms with Gasteiger partial charge in [-0.15, -0.1) is 0 Å². The second-order valence-electron chi connectivity index (χ2n) is 10.5. The molecule has 0 aromatic heterocycles. The second kappa shape index (κ2) is 12.8. The number of hydrogen-bond donors (Lipinski definition) is 1. The molecule has 40 heavy (non-hydrogen) atoms. The summed E-state index contributed by atoms with van der Waals surface area (Å²) in [5, 5.41) is 11.4. The fourth-order valence-corrected chi connectivity index (χ4v) is 4.70. The number of ketones is 1. The zero-order valence-electron chi connectivity index (χ0n) is 23.8. The summed E-state index contributed by atoms with van der Waals surface area (Å²) in [7, 11) is 1.54. The molecule has 210 valence electrons. The van der Waals surface area contributed by atoms with Crippen molar-refractivity contribution in [2.45, 2.75) is 40.3 Å². The van der Waals surface area contributed by atoms with Crippen molar-refractivity contribution < 1.29 is 28.9 Å². The van der Waals surface area contributed by atoms with E-state index in [2.05, 4.69) is 13.8 Å². The van der Waals surface area contributed by atoms with Gasteiger partial charge in [0.15, 0.2) is 0 Å². The van der Waals surface area contributed by atoms with E-state index in [1.165, 1.54) is 12.0 Å². The van der Waals surface area contributed by atoms with E-state index in [9.17, 15) is 14.7 Å². The van der Waals surface area contributed by atoms with Crippen LogP contribution >= 0.6 is 0 Å². The predicted octanol–water partition coefficient (Wildman–Crippen LogP) is 5.99. The summed E-state index contributed by atoms with van der Waals surface area (Å²) in [6.07, 6.45) is 0. The highest BCUT2D eigenvalue weighted by Crippen LogP contribution is 2.40. The fraction of sp³-hybridized carbons (Fsp3) is 0.333. The van der Waals surface area contributed by atoms with E-state index in [1.54, 1.807) is 18.2 Å². The van der Waals surface area contributed by atoms with Gasteiger partial charge in [0.1, 0.15) is 23.9 Å². The van der Waals surface area contributed by atoms with Crippen LogP contribution in [0.1, 0.15) is 47.7 Å². The van der Waals surface area contributed by atoms with E-state index in [4.69, 9.17) is 14.2 Å². The van der Waals surface area contributed by atoms with Gasteiger partial charge in [-0.3, -0.25) is 9.59 Å². The first-order valence-corrected chi connectivity index (χ1v) is 13.5. The smallest absolute Gasteiger partial charge is 0.295 e. The Hall–Kier alpha value is -4.10. The zero-order valence-corrected chi connectivity index (χ0v) is 23.8. The van der Waals surface area contributed by atoms with Crippen molar-refractivity contribution in [3.8, 4) is 11.5 Å². The number of aliphatic hydroxyl groups excluding tert-OH is 1. The van der Waals surface area contributed by atoms with Gasteiger partial charge in [0, 0.05) is 19.2 Å². The number of benzene rings is 3. The van der Waals surface area contributed by atoms with Gasteiger partial charge < -0.3 is 24.2 Å². The number of amides is 1. The molecule has 4 rings (SSSR count). The summed E-state index contributed by atoms with van der Waals surface area (Å²) in [5.74, 6) is 0.127. The molecule has 1 fully saturated rings. The maximum Gasteiger partial charge on any atom is 0.295 e. The number of ether oxygens (including phenoxy) is 3. The van der Waals surface area contributed by atoms with Gasteiger partial charge in [-0.25, -0.2) is 0 Å². The lowest BCUT2D eigenvalue weighted by molar-refractivity contribution is -0.140. The molecule has 0 aliphatic carbocycles. The van der Waals surface area contributed by atoms with Crippen molar-refractivity contribution in [3.05, 3.63) is 100 Å². The van der Waals surface area contributed by atoms with Crippen LogP contribution in [0.4, 0.5) is 0 Å². The standard InChI is InChI=1S/C33H37NO6/c1-21(2)19-40-28-15-12-25(18-23(28)4)31(35)29-30(34(16-17-38-5)33(37)32(29)36)24-10-13-27(14-11-24)39-20-26-9-7-6-8-22(26)3/h6-15,18,21,30,35H,16-17,19-20H2,1-5H3/b31-29+. The lowest BCUT2D eigenvalue weighted by Gasteiger charge is -2.25. The van der Waals surface area contributed by atoms with E-state index in [0.29, 0.717) is 41.8 Å². The Bertz CT molecular complexity index is 1390. The summed E-state index contributed by atoms with van der Waals surface area (Å²) in [6, 6.07) is 19.8. The largest absolute Gasteiger partial charge is 0.507 e. The molecule has 7 heteroatoms. The Morgan fingerprint density at radius 1 is 0.950 bits per heavy atom. The van der Waals surface area contributed by atoms with Gasteiger partial charge in [0.2, 0.25) is 0 Å². The molecule has 1 aliphatic heterocycles. The van der Waals surface area contributed by atoms with Crippen molar-refractivity contribution in [1.82, 2.24) is 4.90 Å². The second-order valence-corrected chi connectivity index (χ2v) is 10.5. The predicted molar refractivity (Wildman–Crippen MR) is 154 cm³/mol. The molecule has 1 N–H and O–H groups in total. The number of rotatable bonds is 11. The van der Waals surface area contributed by atoms with Crippen LogP contribution in [0.2, 0.25) is 0 Å². The molecular weight excluding hydrogens is 506 g/mol. The first-order chi connectivity index (χ1) is 19.2. The Morgan fingerprint density at radius 3 is 2.33 bits per heavy atom. The molecule has 0 saturated carbocycles. The van der Waals surface area contributed by atoms with E-state index < -0.39 is 17.7 Å². The number of aliphatic hydroxyl groups is 1. The van der Waals surface area contributed by atoms with Crippen molar-refractivity contribution in [1.29, 1.82) is 0 Å². The average Bonchev–Trinajstić information content (AvgIpc) is 3.19. The molecular formula is C33H37NO6. The first kappa shape index (κ1) is 28.9. The quantitative estimate of drug-likeness (QED) is 0.182. The van der Waals surface area contributed by atoms with Crippen LogP contribution in [0.3, 0.4) is 0 Å². The van der Waals surface area contributed by atoms with Crippen LogP contribution in [-0.2, 0) is 20.9 Å². The molecule has 0 bridgehead atoms. The molecule has 1 aliphatic rings. The molecule has 3 aromatic carbocycles. The summed E-state index contributed by atoms with van der Waals surface area (Å²) in [6.45, 7) is 9.52. The summed E-state index contributed by atoms with van der Waals surface area (Å²) < 4.78 is 17.1. The number of likely N-dealkylation sites (tertiary alicyclic amines) is 1. The molecule has 1 unspecified atom stereocenters. The fourth-order valence-electron chi connectivity index (χ4n) is 4.70. The van der Waals surface area contributed by atoms with Crippen LogP contribution in [0.25, 0.3) is 5.76 Å². The Kier molecular flexibility index (Phi) is 9.27. The Morgan fingerprint density at radius 2 is 1.68 bits per heavy atom. The summed E-state index contributed by atoms with van der Waals surface area (Å²) in [4.78, 5) is 27.8. The number of carbonyl (C=O) groups is 2. The van der Waals surface area contributed by atoms with E-state index >= 15 is 0 Å². The van der Waals surface area contributed by atoms with Gasteiger partial charge >= 0.3 is 0 Å². The van der Waals surface area contributed by atoms with Crippen LogP contribution in [0.5, 0.6) is 11.5 Å². The van der Waals surface area contributed by atoms with Gasteiger partial charge in [-0.2, -0.15) is 0 Å². The molecule has 3 aromatic rings. The summed E-state index contributed by atoms with van der Waals surface area (Å²) in [5.41, 5.74) is 4.25. The number of nitrogens with zero attached hydrogens (tertiary/aromatic N) is 1. The van der Waals surface area contributed by atoms with Gasteiger partial charge in [-0.05, 0) is 72.4 Å². The third-order valence-electron chi connectivity index (χ3n) is 6.95. The van der Waals surface area contributed by atoms with Crippen molar-refractivity contribution in [3.63, 3.8) is 0 Å². The molecule has 1 amide bonds. The highest BCUT2D eigenvalue weighted by atomic mass is 16.5. The zero-order chi connectivity index (χ0) is 28.8. The van der Waals surface area contributed by atoms with Crippen molar-refractivity contribution >= 4 is 17.4 Å². The highest BCUT2D eigenvalue weighted by Gasteiger charge is 2.45. The average molecular weight is 544 g/mol. The van der Waals surface area contributed by atoms with Crippen molar-refractivity contribution in [2.24, 2.45) is 5.92 Å². The van der Waals surface area contributed by atoms with E-state index in [1.807, 2.05) is 62.4 Å². The number of hydrogen-bond acceptors (Lipinski definition) is 6. The van der Waals surface area contributed by atoms with Crippen LogP contribution in [0.15, 0.2) is 72.3 Å². The van der Waals surface area contributed by atoms with Crippen molar-refractivity contribution in [2.75, 3.05) is 26.9 Å². The molecule has 0 radical (unpaired) electrons. The Balaban J connectivity index is 1.66.